The van der Waals surface area contributed by atoms with Crippen LogP contribution in [0.1, 0.15) is 45.1 Å². The molecule has 0 aliphatic carbocycles. The smallest absolute Gasteiger partial charge is 0.408 e. The SMILES string of the molecule is CC(C)(C)OC(=O)N[C@@H](COCc1cc(CCCCn2c3ccccc3c3ccccc32)no1)C(=O)O. The third-order valence-electron chi connectivity index (χ3n) is 5.87. The summed E-state index contributed by atoms with van der Waals surface area (Å²) >= 11 is 0. The van der Waals surface area contributed by atoms with Gasteiger partial charge in [0, 0.05) is 34.4 Å². The molecule has 196 valence electrons. The average molecular weight is 508 g/mol. The maximum atomic E-state index is 11.9. The lowest BCUT2D eigenvalue weighted by atomic mass is 10.2. The Bertz CT molecular complexity index is 1310. The zero-order chi connectivity index (χ0) is 26.4. The molecule has 0 unspecified atom stereocenters. The van der Waals surface area contributed by atoms with Crippen molar-refractivity contribution in [1.82, 2.24) is 15.0 Å². The van der Waals surface area contributed by atoms with Gasteiger partial charge in [0.2, 0.25) is 0 Å². The molecule has 0 saturated heterocycles. The lowest BCUT2D eigenvalue weighted by Crippen LogP contribution is -2.46. The van der Waals surface area contributed by atoms with Gasteiger partial charge in [-0.15, -0.1) is 0 Å². The van der Waals surface area contributed by atoms with Crippen molar-refractivity contribution in [3.8, 4) is 0 Å². The highest BCUT2D eigenvalue weighted by Crippen LogP contribution is 2.29. The third kappa shape index (κ3) is 6.89. The van der Waals surface area contributed by atoms with Crippen LogP contribution in [-0.2, 0) is 33.8 Å². The number of ether oxygens (including phenoxy) is 2. The van der Waals surface area contributed by atoms with E-state index in [2.05, 4.69) is 63.6 Å². The zero-order valence-electron chi connectivity index (χ0n) is 21.4. The number of para-hydroxylation sites is 2. The molecule has 0 spiro atoms. The third-order valence-corrected chi connectivity index (χ3v) is 5.87. The van der Waals surface area contributed by atoms with Crippen molar-refractivity contribution in [3.63, 3.8) is 0 Å². The topological polar surface area (TPSA) is 116 Å². The van der Waals surface area contributed by atoms with Gasteiger partial charge in [-0.1, -0.05) is 41.6 Å². The predicted molar refractivity (Wildman–Crippen MR) is 139 cm³/mol. The molecule has 0 radical (unpaired) electrons. The number of fused-ring (bicyclic) bond motifs is 3. The van der Waals surface area contributed by atoms with Crippen molar-refractivity contribution < 1.29 is 28.7 Å². The molecule has 9 nitrogen and oxygen atoms in total. The maximum absolute atomic E-state index is 11.9. The Labute approximate surface area is 215 Å². The second-order valence-electron chi connectivity index (χ2n) is 9.98. The summed E-state index contributed by atoms with van der Waals surface area (Å²) in [6, 6.07) is 17.5. The largest absolute Gasteiger partial charge is 0.480 e. The van der Waals surface area contributed by atoms with Crippen LogP contribution >= 0.6 is 0 Å². The lowest BCUT2D eigenvalue weighted by Gasteiger charge is -2.21. The number of amides is 1. The fourth-order valence-electron chi connectivity index (χ4n) is 4.26. The van der Waals surface area contributed by atoms with Gasteiger partial charge in [0.25, 0.3) is 0 Å². The molecule has 9 heteroatoms. The van der Waals surface area contributed by atoms with E-state index >= 15 is 0 Å². The van der Waals surface area contributed by atoms with Crippen molar-refractivity contribution >= 4 is 33.9 Å². The van der Waals surface area contributed by atoms with Crippen LogP contribution in [0.3, 0.4) is 0 Å². The number of carbonyl (C=O) groups excluding carboxylic acids is 1. The van der Waals surface area contributed by atoms with Crippen LogP contribution in [0.5, 0.6) is 0 Å². The average Bonchev–Trinajstić information content (AvgIpc) is 3.42. The molecule has 2 aromatic heterocycles. The fourth-order valence-corrected chi connectivity index (χ4v) is 4.26. The van der Waals surface area contributed by atoms with Crippen molar-refractivity contribution in [1.29, 1.82) is 0 Å². The Kier molecular flexibility index (Phi) is 8.13. The van der Waals surface area contributed by atoms with Crippen LogP contribution in [0.15, 0.2) is 59.1 Å². The molecular formula is C28H33N3O6. The van der Waals surface area contributed by atoms with Gasteiger partial charge in [0.15, 0.2) is 11.8 Å². The molecule has 0 aliphatic rings. The van der Waals surface area contributed by atoms with E-state index in [4.69, 9.17) is 14.0 Å². The van der Waals surface area contributed by atoms with Gasteiger partial charge in [0.05, 0.1) is 12.3 Å². The number of carboxylic acid groups (broad SMARTS) is 1. The molecule has 2 N–H and O–H groups in total. The number of nitrogens with zero attached hydrogens (tertiary/aromatic N) is 2. The van der Waals surface area contributed by atoms with E-state index in [9.17, 15) is 14.7 Å². The Morgan fingerprint density at radius 1 is 1.05 bits per heavy atom. The Morgan fingerprint density at radius 2 is 1.70 bits per heavy atom. The van der Waals surface area contributed by atoms with Gasteiger partial charge >= 0.3 is 12.1 Å². The van der Waals surface area contributed by atoms with Gasteiger partial charge in [-0.05, 0) is 52.2 Å². The van der Waals surface area contributed by atoms with Gasteiger partial charge in [-0.3, -0.25) is 0 Å². The molecule has 4 aromatic rings. The van der Waals surface area contributed by atoms with E-state index in [0.29, 0.717) is 5.76 Å². The number of aryl methyl sites for hydroxylation is 2. The van der Waals surface area contributed by atoms with Crippen molar-refractivity contribution in [2.24, 2.45) is 0 Å². The van der Waals surface area contributed by atoms with Gasteiger partial charge in [-0.25, -0.2) is 9.59 Å². The van der Waals surface area contributed by atoms with Gasteiger partial charge in [0.1, 0.15) is 12.2 Å². The van der Waals surface area contributed by atoms with Crippen LogP contribution < -0.4 is 5.32 Å². The quantitative estimate of drug-likeness (QED) is 0.265. The number of carbonyl (C=O) groups is 2. The molecule has 0 aliphatic heterocycles. The summed E-state index contributed by atoms with van der Waals surface area (Å²) in [6.07, 6.45) is 1.87. The van der Waals surface area contributed by atoms with Crippen LogP contribution in [0.4, 0.5) is 4.79 Å². The number of rotatable bonds is 11. The molecule has 1 amide bonds. The summed E-state index contributed by atoms with van der Waals surface area (Å²) in [5, 5.41) is 18.3. The summed E-state index contributed by atoms with van der Waals surface area (Å²) in [4.78, 5) is 23.3. The number of aromatic nitrogens is 2. The Morgan fingerprint density at radius 3 is 2.32 bits per heavy atom. The molecule has 1 atom stereocenters. The highest BCUT2D eigenvalue weighted by Gasteiger charge is 2.24. The molecule has 0 bridgehead atoms. The predicted octanol–water partition coefficient (Wildman–Crippen LogP) is 5.30. The monoisotopic (exact) mass is 507 g/mol. The second kappa shape index (κ2) is 11.5. The molecule has 2 heterocycles. The first-order valence-corrected chi connectivity index (χ1v) is 12.4. The number of aliphatic carboxylic acids is 1. The number of benzene rings is 2. The van der Waals surface area contributed by atoms with Crippen LogP contribution in [0, 0.1) is 0 Å². The number of hydrogen-bond acceptors (Lipinski definition) is 6. The molecule has 2 aromatic carbocycles. The standard InChI is InChI=1S/C28H33N3O6/c1-28(2,3)36-27(34)29-23(26(32)33)18-35-17-20-16-19(30-37-20)10-8-9-15-31-24-13-6-4-11-21(24)22-12-5-7-14-25(22)31/h4-7,11-14,16,23H,8-10,15,17-18H2,1-3H3,(H,29,34)(H,32,33)/t23-/m0/s1. The first kappa shape index (κ1) is 26.2. The van der Waals surface area contributed by atoms with Crippen LogP contribution in [0.25, 0.3) is 21.8 Å². The van der Waals surface area contributed by atoms with E-state index in [1.54, 1.807) is 20.8 Å². The van der Waals surface area contributed by atoms with Crippen LogP contribution in [-0.4, -0.2) is 45.1 Å². The molecule has 4 rings (SSSR count). The minimum Gasteiger partial charge on any atom is -0.480 e. The van der Waals surface area contributed by atoms with Crippen molar-refractivity contribution in [2.75, 3.05) is 6.61 Å². The number of hydrogen-bond donors (Lipinski definition) is 2. The highest BCUT2D eigenvalue weighted by atomic mass is 16.6. The molecule has 0 saturated carbocycles. The lowest BCUT2D eigenvalue weighted by molar-refractivity contribution is -0.141. The van der Waals surface area contributed by atoms with Crippen molar-refractivity contribution in [2.45, 2.75) is 64.8 Å². The van der Waals surface area contributed by atoms with E-state index < -0.39 is 23.7 Å². The van der Waals surface area contributed by atoms with Crippen molar-refractivity contribution in [3.05, 3.63) is 66.1 Å². The van der Waals surface area contributed by atoms with Gasteiger partial charge < -0.3 is 29.0 Å². The first-order chi connectivity index (χ1) is 17.7. The van der Waals surface area contributed by atoms with Gasteiger partial charge in [-0.2, -0.15) is 0 Å². The maximum Gasteiger partial charge on any atom is 0.408 e. The van der Waals surface area contributed by atoms with Crippen LogP contribution in [0.2, 0.25) is 0 Å². The van der Waals surface area contributed by atoms with E-state index in [1.165, 1.54) is 21.8 Å². The van der Waals surface area contributed by atoms with E-state index in [0.717, 1.165) is 31.5 Å². The Balaban J connectivity index is 1.24. The normalized spacial score (nSPS) is 12.6. The summed E-state index contributed by atoms with van der Waals surface area (Å²) in [6.45, 7) is 5.82. The van der Waals surface area contributed by atoms with E-state index in [1.807, 2.05) is 6.07 Å². The van der Waals surface area contributed by atoms with E-state index in [-0.39, 0.29) is 13.2 Å². The first-order valence-electron chi connectivity index (χ1n) is 12.4. The number of alkyl carbamates (subject to hydrolysis) is 1. The Hall–Kier alpha value is -3.85. The summed E-state index contributed by atoms with van der Waals surface area (Å²) in [7, 11) is 0. The minimum atomic E-state index is -1.24. The fraction of sp³-hybridized carbons (Fsp3) is 0.393. The number of unbranched alkanes of at least 4 members (excludes halogenated alkanes) is 1. The second-order valence-corrected chi connectivity index (χ2v) is 9.98. The number of nitrogens with one attached hydrogen (secondary N) is 1. The number of carboxylic acids is 1. The summed E-state index contributed by atoms with van der Waals surface area (Å²) in [5.74, 6) is -0.717. The minimum absolute atomic E-state index is 0.0497. The zero-order valence-corrected chi connectivity index (χ0v) is 21.4. The molecule has 0 fully saturated rings. The molecular weight excluding hydrogens is 474 g/mol. The highest BCUT2D eigenvalue weighted by molar-refractivity contribution is 6.07. The molecule has 37 heavy (non-hydrogen) atoms. The summed E-state index contributed by atoms with van der Waals surface area (Å²) < 4.78 is 18.3. The summed E-state index contributed by atoms with van der Waals surface area (Å²) in [5.41, 5.74) is 2.58.